The van der Waals surface area contributed by atoms with E-state index in [9.17, 15) is 0 Å². The van der Waals surface area contributed by atoms with Crippen LogP contribution in [0.4, 0.5) is 0 Å². The Bertz CT molecular complexity index is 173. The molecule has 2 atom stereocenters. The molecule has 0 radical (unpaired) electrons. The van der Waals surface area contributed by atoms with Gasteiger partial charge in [-0.25, -0.2) is 0 Å². The third-order valence-electron chi connectivity index (χ3n) is 3.27. The van der Waals surface area contributed by atoms with E-state index in [0.717, 1.165) is 13.2 Å². The standard InChI is InChI=1S/C8H14N2O/c1-3-10(7-5-9-7)8(1)2-4-11-6-8/h7,9H,1-6H2. The maximum absolute atomic E-state index is 5.44. The predicted molar refractivity (Wildman–Crippen MR) is 41.3 cm³/mol. The third kappa shape index (κ3) is 0.789. The topological polar surface area (TPSA) is 34.4 Å². The minimum Gasteiger partial charge on any atom is -0.379 e. The molecule has 0 bridgehead atoms. The molecule has 3 saturated heterocycles. The fraction of sp³-hybridized carbons (Fsp3) is 1.00. The Kier molecular flexibility index (Phi) is 1.15. The van der Waals surface area contributed by atoms with Crippen LogP contribution in [0, 0.1) is 0 Å². The number of hydrogen-bond donors (Lipinski definition) is 1. The van der Waals surface area contributed by atoms with Gasteiger partial charge >= 0.3 is 0 Å². The van der Waals surface area contributed by atoms with Crippen molar-refractivity contribution in [2.45, 2.75) is 24.5 Å². The van der Waals surface area contributed by atoms with Gasteiger partial charge in [0.2, 0.25) is 0 Å². The van der Waals surface area contributed by atoms with Crippen LogP contribution in [-0.4, -0.2) is 42.9 Å². The van der Waals surface area contributed by atoms with Crippen molar-refractivity contribution in [1.82, 2.24) is 10.2 Å². The van der Waals surface area contributed by atoms with Gasteiger partial charge in [0.15, 0.2) is 0 Å². The van der Waals surface area contributed by atoms with Crippen LogP contribution in [0.25, 0.3) is 0 Å². The summed E-state index contributed by atoms with van der Waals surface area (Å²) in [6.07, 6.45) is 3.31. The van der Waals surface area contributed by atoms with Gasteiger partial charge in [-0.3, -0.25) is 10.2 Å². The molecule has 0 saturated carbocycles. The summed E-state index contributed by atoms with van der Waals surface area (Å²) in [5.74, 6) is 0. The lowest BCUT2D eigenvalue weighted by molar-refractivity contribution is -0.0286. The molecule has 3 aliphatic rings. The molecule has 1 N–H and O–H groups in total. The molecule has 3 fully saturated rings. The van der Waals surface area contributed by atoms with Crippen molar-refractivity contribution in [2.24, 2.45) is 0 Å². The Morgan fingerprint density at radius 3 is 2.82 bits per heavy atom. The van der Waals surface area contributed by atoms with E-state index in [1.54, 1.807) is 0 Å². The molecule has 3 heteroatoms. The summed E-state index contributed by atoms with van der Waals surface area (Å²) in [6.45, 7) is 4.43. The van der Waals surface area contributed by atoms with Gasteiger partial charge in [-0.05, 0) is 12.8 Å². The Labute approximate surface area is 66.7 Å². The van der Waals surface area contributed by atoms with Gasteiger partial charge < -0.3 is 4.74 Å². The lowest BCUT2D eigenvalue weighted by atomic mass is 9.84. The molecule has 0 aliphatic carbocycles. The first-order valence-corrected chi connectivity index (χ1v) is 4.49. The van der Waals surface area contributed by atoms with Crippen molar-refractivity contribution in [1.29, 1.82) is 0 Å². The van der Waals surface area contributed by atoms with Crippen LogP contribution in [0.2, 0.25) is 0 Å². The van der Waals surface area contributed by atoms with Crippen molar-refractivity contribution < 1.29 is 4.74 Å². The second-order valence-corrected chi connectivity index (χ2v) is 3.89. The highest BCUT2D eigenvalue weighted by molar-refractivity contribution is 5.07. The molecule has 3 heterocycles. The normalized spacial score (nSPS) is 49.6. The Morgan fingerprint density at radius 2 is 2.36 bits per heavy atom. The number of nitrogens with zero attached hydrogens (tertiary/aromatic N) is 1. The molecule has 3 aliphatic heterocycles. The van der Waals surface area contributed by atoms with Gasteiger partial charge in [0.05, 0.1) is 12.8 Å². The number of nitrogens with one attached hydrogen (secondary N) is 1. The first-order chi connectivity index (χ1) is 5.41. The molecular formula is C8H14N2O. The van der Waals surface area contributed by atoms with E-state index in [-0.39, 0.29) is 0 Å². The van der Waals surface area contributed by atoms with Gasteiger partial charge in [-0.15, -0.1) is 0 Å². The molecule has 11 heavy (non-hydrogen) atoms. The molecule has 1 spiro atoms. The van der Waals surface area contributed by atoms with Crippen LogP contribution in [0.3, 0.4) is 0 Å². The molecular weight excluding hydrogens is 140 g/mol. The number of rotatable bonds is 1. The van der Waals surface area contributed by atoms with Crippen LogP contribution in [0.1, 0.15) is 12.8 Å². The third-order valence-corrected chi connectivity index (χ3v) is 3.27. The van der Waals surface area contributed by atoms with Crippen molar-refractivity contribution >= 4 is 0 Å². The maximum Gasteiger partial charge on any atom is 0.0732 e. The number of ether oxygens (including phenoxy) is 1. The average molecular weight is 154 g/mol. The highest BCUT2D eigenvalue weighted by atomic mass is 16.5. The smallest absolute Gasteiger partial charge is 0.0732 e. The Morgan fingerprint density at radius 1 is 1.45 bits per heavy atom. The zero-order valence-corrected chi connectivity index (χ0v) is 6.68. The van der Waals surface area contributed by atoms with Crippen LogP contribution in [-0.2, 0) is 4.74 Å². The Balaban J connectivity index is 1.75. The lowest BCUT2D eigenvalue weighted by Gasteiger charge is -2.49. The minimum atomic E-state index is 0.466. The summed E-state index contributed by atoms with van der Waals surface area (Å²) in [5.41, 5.74) is 0.466. The van der Waals surface area contributed by atoms with Gasteiger partial charge in [0.25, 0.3) is 0 Å². The van der Waals surface area contributed by atoms with Crippen molar-refractivity contribution in [2.75, 3.05) is 26.3 Å². The molecule has 3 nitrogen and oxygen atoms in total. The molecule has 0 aromatic carbocycles. The molecule has 0 aromatic heterocycles. The zero-order chi connectivity index (χ0) is 7.31. The van der Waals surface area contributed by atoms with E-state index in [1.165, 1.54) is 25.9 Å². The van der Waals surface area contributed by atoms with E-state index in [1.807, 2.05) is 0 Å². The second-order valence-electron chi connectivity index (χ2n) is 3.89. The largest absolute Gasteiger partial charge is 0.379 e. The summed E-state index contributed by atoms with van der Waals surface area (Å²) < 4.78 is 5.44. The number of hydrogen-bond acceptors (Lipinski definition) is 3. The predicted octanol–water partition coefficient (Wildman–Crippen LogP) is -0.219. The van der Waals surface area contributed by atoms with Gasteiger partial charge in [0, 0.05) is 25.2 Å². The summed E-state index contributed by atoms with van der Waals surface area (Å²) in [6, 6.07) is 0. The second kappa shape index (κ2) is 1.97. The van der Waals surface area contributed by atoms with E-state index < -0.39 is 0 Å². The SMILES string of the molecule is C1CC2(CCN2C2CN2)CO1. The lowest BCUT2D eigenvalue weighted by Crippen LogP contribution is -2.62. The van der Waals surface area contributed by atoms with Gasteiger partial charge in [-0.2, -0.15) is 0 Å². The van der Waals surface area contributed by atoms with E-state index in [0.29, 0.717) is 11.7 Å². The summed E-state index contributed by atoms with van der Waals surface area (Å²) >= 11 is 0. The van der Waals surface area contributed by atoms with Crippen molar-refractivity contribution in [3.8, 4) is 0 Å². The van der Waals surface area contributed by atoms with Crippen LogP contribution in [0.5, 0.6) is 0 Å². The summed E-state index contributed by atoms with van der Waals surface area (Å²) in [7, 11) is 0. The molecule has 62 valence electrons. The fourth-order valence-electron chi connectivity index (χ4n) is 2.34. The van der Waals surface area contributed by atoms with Crippen LogP contribution >= 0.6 is 0 Å². The minimum absolute atomic E-state index is 0.466. The van der Waals surface area contributed by atoms with Gasteiger partial charge in [0.1, 0.15) is 0 Å². The quantitative estimate of drug-likeness (QED) is 0.530. The number of likely N-dealkylation sites (tertiary alicyclic amines) is 1. The average Bonchev–Trinajstić information content (AvgIpc) is 2.68. The van der Waals surface area contributed by atoms with E-state index in [4.69, 9.17) is 4.74 Å². The fourth-order valence-corrected chi connectivity index (χ4v) is 2.34. The first-order valence-electron chi connectivity index (χ1n) is 4.49. The van der Waals surface area contributed by atoms with Crippen molar-refractivity contribution in [3.63, 3.8) is 0 Å². The van der Waals surface area contributed by atoms with Crippen LogP contribution in [0.15, 0.2) is 0 Å². The molecule has 3 rings (SSSR count). The Hall–Kier alpha value is -0.120. The zero-order valence-electron chi connectivity index (χ0n) is 6.68. The highest BCUT2D eigenvalue weighted by Gasteiger charge is 2.52. The summed E-state index contributed by atoms with van der Waals surface area (Å²) in [4.78, 5) is 2.58. The van der Waals surface area contributed by atoms with E-state index in [2.05, 4.69) is 10.2 Å². The first kappa shape index (κ1) is 6.40. The maximum atomic E-state index is 5.44. The van der Waals surface area contributed by atoms with E-state index >= 15 is 0 Å². The highest BCUT2D eigenvalue weighted by Crippen LogP contribution is 2.40. The summed E-state index contributed by atoms with van der Waals surface area (Å²) in [5, 5.41) is 3.36. The molecule has 0 aromatic rings. The molecule has 2 unspecified atom stereocenters. The monoisotopic (exact) mass is 154 g/mol. The van der Waals surface area contributed by atoms with Crippen LogP contribution < -0.4 is 5.32 Å². The molecule has 0 amide bonds. The van der Waals surface area contributed by atoms with Gasteiger partial charge in [-0.1, -0.05) is 0 Å². The van der Waals surface area contributed by atoms with Crippen molar-refractivity contribution in [3.05, 3.63) is 0 Å².